The monoisotopic (exact) mass is 531 g/mol. The molecule has 8 nitrogen and oxygen atoms in total. The van der Waals surface area contributed by atoms with Crippen LogP contribution in [0.1, 0.15) is 52.0 Å². The molecule has 2 aliphatic heterocycles. The van der Waals surface area contributed by atoms with Gasteiger partial charge in [0.1, 0.15) is 17.4 Å². The summed E-state index contributed by atoms with van der Waals surface area (Å²) in [4.78, 5) is 38.9. The van der Waals surface area contributed by atoms with Gasteiger partial charge in [-0.15, -0.1) is 0 Å². The summed E-state index contributed by atoms with van der Waals surface area (Å²) in [6.45, 7) is 5.19. The molecule has 1 saturated heterocycles. The van der Waals surface area contributed by atoms with Gasteiger partial charge in [0, 0.05) is 56.1 Å². The number of carbonyl (C=O) groups excluding carboxylic acids is 2. The van der Waals surface area contributed by atoms with E-state index in [0.29, 0.717) is 49.7 Å². The molecule has 0 bridgehead atoms. The molecule has 1 spiro atoms. The molecule has 9 heteroatoms. The lowest BCUT2D eigenvalue weighted by atomic mass is 9.75. The lowest BCUT2D eigenvalue weighted by Crippen LogP contribution is -2.46. The van der Waals surface area contributed by atoms with E-state index in [1.54, 1.807) is 37.6 Å². The number of halogens is 1. The number of hydrogen-bond donors (Lipinski definition) is 1. The van der Waals surface area contributed by atoms with E-state index >= 15 is 0 Å². The average molecular weight is 532 g/mol. The van der Waals surface area contributed by atoms with Gasteiger partial charge in [0.25, 0.3) is 11.8 Å². The van der Waals surface area contributed by atoms with Crippen LogP contribution in [0, 0.1) is 18.2 Å². The molecular formula is C30H34FN5O3. The summed E-state index contributed by atoms with van der Waals surface area (Å²) in [6.07, 6.45) is 8.37. The summed E-state index contributed by atoms with van der Waals surface area (Å²) in [5.41, 5.74) is 1.45. The first-order valence-corrected chi connectivity index (χ1v) is 13.5. The standard InChI is InChI=1S/C30H34FN5O3/c1-22-17-23(19-24(31)18-22)29(38)36-14-8-30(9-15-36)7-4-13-35(27-20-32-10-11-33-27)16-12-34-28(37)25-5-2-3-6-26(25)39-21-30/h2-3,5-6,10-11,17-20H,4,7-9,12-16,21H2,1H3,(H,34,37). The Bertz CT molecular complexity index is 1290. The number of anilines is 1. The van der Waals surface area contributed by atoms with Crippen molar-refractivity contribution in [3.63, 3.8) is 0 Å². The SMILES string of the molecule is Cc1cc(F)cc(C(=O)N2CCC3(CCCN(c4cnccn4)CCNC(=O)c4ccccc4OC3)CC2)c1. The highest BCUT2D eigenvalue weighted by Gasteiger charge is 2.37. The van der Waals surface area contributed by atoms with E-state index in [1.807, 2.05) is 23.1 Å². The zero-order chi connectivity index (χ0) is 27.2. The molecule has 39 heavy (non-hydrogen) atoms. The number of aryl methyl sites for hydroxylation is 1. The predicted molar refractivity (Wildman–Crippen MR) is 146 cm³/mol. The normalized spacial score (nSPS) is 18.2. The van der Waals surface area contributed by atoms with Crippen molar-refractivity contribution in [3.05, 3.63) is 83.6 Å². The van der Waals surface area contributed by atoms with Gasteiger partial charge in [0.2, 0.25) is 0 Å². The molecule has 0 atom stereocenters. The van der Waals surface area contributed by atoms with Crippen molar-refractivity contribution < 1.29 is 18.7 Å². The highest BCUT2D eigenvalue weighted by Crippen LogP contribution is 2.38. The van der Waals surface area contributed by atoms with Crippen LogP contribution >= 0.6 is 0 Å². The number of amides is 2. The van der Waals surface area contributed by atoms with Gasteiger partial charge in [-0.1, -0.05) is 12.1 Å². The lowest BCUT2D eigenvalue weighted by molar-refractivity contribution is 0.0364. The molecule has 2 amide bonds. The average Bonchev–Trinajstić information content (AvgIpc) is 2.96. The Morgan fingerprint density at radius 3 is 2.64 bits per heavy atom. The molecule has 1 fully saturated rings. The van der Waals surface area contributed by atoms with Crippen LogP contribution in [0.2, 0.25) is 0 Å². The van der Waals surface area contributed by atoms with Crippen molar-refractivity contribution in [1.82, 2.24) is 20.2 Å². The Balaban J connectivity index is 1.35. The third-order valence-electron chi connectivity index (χ3n) is 7.74. The molecule has 1 N–H and O–H groups in total. The summed E-state index contributed by atoms with van der Waals surface area (Å²) in [7, 11) is 0. The number of nitrogens with zero attached hydrogens (tertiary/aromatic N) is 4. The van der Waals surface area contributed by atoms with Crippen LogP contribution in [0.25, 0.3) is 0 Å². The quantitative estimate of drug-likeness (QED) is 0.532. The number of nitrogens with one attached hydrogen (secondary N) is 1. The maximum absolute atomic E-state index is 14.0. The molecule has 1 aromatic heterocycles. The van der Waals surface area contributed by atoms with Gasteiger partial charge in [0.05, 0.1) is 18.4 Å². The molecule has 0 saturated carbocycles. The van der Waals surface area contributed by atoms with Gasteiger partial charge in [-0.3, -0.25) is 14.6 Å². The van der Waals surface area contributed by atoms with Gasteiger partial charge in [0.15, 0.2) is 0 Å². The summed E-state index contributed by atoms with van der Waals surface area (Å²) >= 11 is 0. The van der Waals surface area contributed by atoms with Gasteiger partial charge >= 0.3 is 0 Å². The minimum Gasteiger partial charge on any atom is -0.492 e. The zero-order valence-electron chi connectivity index (χ0n) is 22.2. The molecule has 0 unspecified atom stereocenters. The van der Waals surface area contributed by atoms with Crippen LogP contribution < -0.4 is 15.0 Å². The smallest absolute Gasteiger partial charge is 0.255 e. The van der Waals surface area contributed by atoms with Gasteiger partial charge in [-0.25, -0.2) is 9.37 Å². The van der Waals surface area contributed by atoms with Crippen molar-refractivity contribution in [3.8, 4) is 5.75 Å². The van der Waals surface area contributed by atoms with Crippen LogP contribution in [0.5, 0.6) is 5.75 Å². The summed E-state index contributed by atoms with van der Waals surface area (Å²) in [5, 5.41) is 3.01. The second-order valence-electron chi connectivity index (χ2n) is 10.5. The van der Waals surface area contributed by atoms with Crippen molar-refractivity contribution >= 4 is 17.6 Å². The minimum absolute atomic E-state index is 0.145. The number of carbonyl (C=O) groups is 2. The molecule has 204 valence electrons. The number of benzene rings is 2. The maximum atomic E-state index is 14.0. The lowest BCUT2D eigenvalue weighted by Gasteiger charge is -2.42. The second-order valence-corrected chi connectivity index (χ2v) is 10.5. The van der Waals surface area contributed by atoms with E-state index < -0.39 is 5.82 Å². The predicted octanol–water partition coefficient (Wildman–Crippen LogP) is 4.26. The molecular weight excluding hydrogens is 497 g/mol. The second kappa shape index (κ2) is 11.8. The number of fused-ring (bicyclic) bond motifs is 1. The largest absolute Gasteiger partial charge is 0.492 e. The molecule has 5 rings (SSSR count). The fourth-order valence-electron chi connectivity index (χ4n) is 5.54. The summed E-state index contributed by atoms with van der Waals surface area (Å²) in [5.74, 6) is 0.620. The summed E-state index contributed by atoms with van der Waals surface area (Å²) in [6, 6.07) is 11.8. The Morgan fingerprint density at radius 2 is 1.87 bits per heavy atom. The topological polar surface area (TPSA) is 87.7 Å². The van der Waals surface area contributed by atoms with E-state index in [2.05, 4.69) is 20.2 Å². The molecule has 2 aromatic carbocycles. The number of hydrogen-bond acceptors (Lipinski definition) is 6. The Kier molecular flexibility index (Phi) is 8.05. The van der Waals surface area contributed by atoms with Crippen molar-refractivity contribution in [1.29, 1.82) is 0 Å². The number of para-hydroxylation sites is 1. The molecule has 0 radical (unpaired) electrons. The van der Waals surface area contributed by atoms with Gasteiger partial charge in [-0.2, -0.15) is 0 Å². The number of aromatic nitrogens is 2. The molecule has 0 aliphatic carbocycles. The van der Waals surface area contributed by atoms with Crippen LogP contribution in [-0.2, 0) is 0 Å². The molecule has 3 aromatic rings. The number of ether oxygens (including phenoxy) is 1. The van der Waals surface area contributed by atoms with E-state index in [0.717, 1.165) is 43.6 Å². The third kappa shape index (κ3) is 6.35. The first-order chi connectivity index (χ1) is 18.9. The van der Waals surface area contributed by atoms with Crippen LogP contribution in [0.3, 0.4) is 0 Å². The molecule has 3 heterocycles. The maximum Gasteiger partial charge on any atom is 0.255 e. The van der Waals surface area contributed by atoms with E-state index in [9.17, 15) is 14.0 Å². The molecule has 2 aliphatic rings. The van der Waals surface area contributed by atoms with Gasteiger partial charge < -0.3 is 19.9 Å². The fourth-order valence-corrected chi connectivity index (χ4v) is 5.54. The Morgan fingerprint density at radius 1 is 1.05 bits per heavy atom. The van der Waals surface area contributed by atoms with Crippen LogP contribution in [0.4, 0.5) is 10.2 Å². The highest BCUT2D eigenvalue weighted by atomic mass is 19.1. The third-order valence-corrected chi connectivity index (χ3v) is 7.74. The Labute approximate surface area is 228 Å². The van der Waals surface area contributed by atoms with Crippen molar-refractivity contribution in [2.45, 2.75) is 32.6 Å². The van der Waals surface area contributed by atoms with E-state index in [-0.39, 0.29) is 17.2 Å². The van der Waals surface area contributed by atoms with Crippen LogP contribution in [-0.4, -0.2) is 66.0 Å². The number of piperidine rings is 1. The van der Waals surface area contributed by atoms with Gasteiger partial charge in [-0.05, 0) is 68.5 Å². The fraction of sp³-hybridized carbons (Fsp3) is 0.400. The van der Waals surface area contributed by atoms with Crippen LogP contribution in [0.15, 0.2) is 61.1 Å². The van der Waals surface area contributed by atoms with E-state index in [1.165, 1.54) is 12.1 Å². The van der Waals surface area contributed by atoms with Crippen molar-refractivity contribution in [2.24, 2.45) is 5.41 Å². The first-order valence-electron chi connectivity index (χ1n) is 13.5. The highest BCUT2D eigenvalue weighted by molar-refractivity contribution is 5.97. The summed E-state index contributed by atoms with van der Waals surface area (Å²) < 4.78 is 20.3. The first kappa shape index (κ1) is 26.6. The zero-order valence-corrected chi connectivity index (χ0v) is 22.2. The number of rotatable bonds is 2. The van der Waals surface area contributed by atoms with E-state index in [4.69, 9.17) is 4.74 Å². The Hall–Kier alpha value is -4.01. The minimum atomic E-state index is -0.397. The number of likely N-dealkylation sites (tertiary alicyclic amines) is 1. The van der Waals surface area contributed by atoms with Crippen molar-refractivity contribution in [2.75, 3.05) is 44.2 Å².